The van der Waals surface area contributed by atoms with E-state index >= 15 is 0 Å². The molecule has 0 N–H and O–H groups in total. The Morgan fingerprint density at radius 2 is 1.84 bits per heavy atom. The van der Waals surface area contributed by atoms with Gasteiger partial charge in [-0.05, 0) is 50.2 Å². The van der Waals surface area contributed by atoms with Gasteiger partial charge in [-0.3, -0.25) is 9.59 Å². The lowest BCUT2D eigenvalue weighted by Gasteiger charge is -2.53. The van der Waals surface area contributed by atoms with E-state index in [1.54, 1.807) is 0 Å². The first-order chi connectivity index (χ1) is 14.9. The van der Waals surface area contributed by atoms with Crippen molar-refractivity contribution in [2.75, 3.05) is 37.6 Å². The number of benzene rings is 1. The molecule has 1 aromatic carbocycles. The van der Waals surface area contributed by atoms with Crippen molar-refractivity contribution in [1.82, 2.24) is 9.80 Å². The van der Waals surface area contributed by atoms with E-state index in [0.29, 0.717) is 18.2 Å². The highest BCUT2D eigenvalue weighted by Crippen LogP contribution is 2.48. The molecule has 0 radical (unpaired) electrons. The summed E-state index contributed by atoms with van der Waals surface area (Å²) in [5.74, 6) is 1.15. The SMILES string of the molecule is Cc1ccccc1N1CCN(C(=O)[C@@]23CCCC[C@H]2N(CCC(C)C)C(=O)CC3)CC1. The van der Waals surface area contributed by atoms with Gasteiger partial charge in [0, 0.05) is 50.9 Å². The summed E-state index contributed by atoms with van der Waals surface area (Å²) in [6, 6.07) is 8.61. The predicted molar refractivity (Wildman–Crippen MR) is 125 cm³/mol. The Labute approximate surface area is 187 Å². The molecule has 1 aliphatic carbocycles. The van der Waals surface area contributed by atoms with E-state index in [2.05, 4.69) is 59.7 Å². The average molecular weight is 426 g/mol. The number of carbonyl (C=O) groups excluding carboxylic acids is 2. The normalized spacial score (nSPS) is 26.9. The van der Waals surface area contributed by atoms with Crippen LogP contribution in [0.1, 0.15) is 64.4 Å². The Balaban J connectivity index is 1.48. The van der Waals surface area contributed by atoms with Crippen LogP contribution in [0.15, 0.2) is 24.3 Å². The molecule has 3 fully saturated rings. The largest absolute Gasteiger partial charge is 0.368 e. The van der Waals surface area contributed by atoms with Crippen molar-refractivity contribution >= 4 is 17.5 Å². The lowest BCUT2D eigenvalue weighted by molar-refractivity contribution is -0.162. The molecule has 2 saturated heterocycles. The van der Waals surface area contributed by atoms with Gasteiger partial charge in [0.05, 0.1) is 5.41 Å². The van der Waals surface area contributed by atoms with Crippen molar-refractivity contribution in [3.05, 3.63) is 29.8 Å². The minimum atomic E-state index is -0.353. The Hall–Kier alpha value is -2.04. The number of rotatable bonds is 5. The molecule has 5 heteroatoms. The fourth-order valence-electron chi connectivity index (χ4n) is 6.03. The molecule has 2 aliphatic heterocycles. The summed E-state index contributed by atoms with van der Waals surface area (Å²) >= 11 is 0. The zero-order valence-electron chi connectivity index (χ0n) is 19.6. The molecule has 1 aromatic rings. The average Bonchev–Trinajstić information content (AvgIpc) is 2.78. The van der Waals surface area contributed by atoms with Crippen molar-refractivity contribution < 1.29 is 9.59 Å². The van der Waals surface area contributed by atoms with Crippen LogP contribution in [0.3, 0.4) is 0 Å². The lowest BCUT2D eigenvalue weighted by atomic mass is 9.64. The van der Waals surface area contributed by atoms with Crippen molar-refractivity contribution in [1.29, 1.82) is 0 Å². The number of para-hydroxylation sites is 1. The van der Waals surface area contributed by atoms with Gasteiger partial charge in [0.1, 0.15) is 0 Å². The predicted octanol–water partition coefficient (Wildman–Crippen LogP) is 4.24. The van der Waals surface area contributed by atoms with Crippen LogP contribution in [-0.4, -0.2) is 60.4 Å². The molecule has 4 rings (SSSR count). The van der Waals surface area contributed by atoms with E-state index in [-0.39, 0.29) is 17.4 Å². The third kappa shape index (κ3) is 4.33. The number of fused-ring (bicyclic) bond motifs is 1. The topological polar surface area (TPSA) is 43.9 Å². The number of likely N-dealkylation sites (tertiary alicyclic amines) is 1. The van der Waals surface area contributed by atoms with E-state index in [0.717, 1.165) is 71.2 Å². The summed E-state index contributed by atoms with van der Waals surface area (Å²) in [7, 11) is 0. The van der Waals surface area contributed by atoms with Crippen molar-refractivity contribution in [3.8, 4) is 0 Å². The number of nitrogens with zero attached hydrogens (tertiary/aromatic N) is 3. The maximum Gasteiger partial charge on any atom is 0.231 e. The first-order valence-electron chi connectivity index (χ1n) is 12.3. The van der Waals surface area contributed by atoms with E-state index < -0.39 is 0 Å². The molecule has 31 heavy (non-hydrogen) atoms. The number of hydrogen-bond donors (Lipinski definition) is 0. The fraction of sp³-hybridized carbons (Fsp3) is 0.692. The van der Waals surface area contributed by atoms with E-state index in [1.807, 2.05) is 0 Å². The number of amides is 2. The molecule has 0 aromatic heterocycles. The number of carbonyl (C=O) groups is 2. The van der Waals surface area contributed by atoms with E-state index in [4.69, 9.17) is 0 Å². The third-order valence-electron chi connectivity index (χ3n) is 7.87. The zero-order valence-corrected chi connectivity index (χ0v) is 19.6. The smallest absolute Gasteiger partial charge is 0.231 e. The molecule has 0 spiro atoms. The quantitative estimate of drug-likeness (QED) is 0.709. The van der Waals surface area contributed by atoms with Gasteiger partial charge in [-0.1, -0.05) is 44.9 Å². The number of hydrogen-bond acceptors (Lipinski definition) is 3. The number of aryl methyl sites for hydroxylation is 1. The van der Waals surface area contributed by atoms with E-state index in [9.17, 15) is 9.59 Å². The minimum Gasteiger partial charge on any atom is -0.368 e. The number of anilines is 1. The second-order valence-electron chi connectivity index (χ2n) is 10.3. The summed E-state index contributed by atoms with van der Waals surface area (Å²) < 4.78 is 0. The fourth-order valence-corrected chi connectivity index (χ4v) is 6.03. The van der Waals surface area contributed by atoms with Crippen molar-refractivity contribution in [2.24, 2.45) is 11.3 Å². The van der Waals surface area contributed by atoms with Gasteiger partial charge in [-0.15, -0.1) is 0 Å². The molecule has 0 bridgehead atoms. The highest BCUT2D eigenvalue weighted by molar-refractivity contribution is 5.88. The van der Waals surface area contributed by atoms with Crippen LogP contribution in [0.25, 0.3) is 0 Å². The van der Waals surface area contributed by atoms with Gasteiger partial charge in [-0.25, -0.2) is 0 Å². The molecule has 2 amide bonds. The second kappa shape index (κ2) is 9.22. The van der Waals surface area contributed by atoms with Crippen LogP contribution in [0, 0.1) is 18.3 Å². The maximum atomic E-state index is 14.0. The summed E-state index contributed by atoms with van der Waals surface area (Å²) in [6.07, 6.45) is 6.46. The number of piperazine rings is 1. The van der Waals surface area contributed by atoms with Gasteiger partial charge in [0.25, 0.3) is 0 Å². The summed E-state index contributed by atoms with van der Waals surface area (Å²) in [5, 5.41) is 0. The van der Waals surface area contributed by atoms with Crippen molar-refractivity contribution in [2.45, 2.75) is 71.8 Å². The first kappa shape index (κ1) is 22.2. The molecule has 5 nitrogen and oxygen atoms in total. The Kier molecular flexibility index (Phi) is 6.59. The van der Waals surface area contributed by atoms with Gasteiger partial charge in [0.15, 0.2) is 0 Å². The molecular formula is C26H39N3O2. The summed E-state index contributed by atoms with van der Waals surface area (Å²) in [5.41, 5.74) is 2.22. The minimum absolute atomic E-state index is 0.100. The van der Waals surface area contributed by atoms with Crippen LogP contribution in [0.5, 0.6) is 0 Å². The first-order valence-corrected chi connectivity index (χ1v) is 12.3. The molecule has 2 heterocycles. The summed E-state index contributed by atoms with van der Waals surface area (Å²) in [4.78, 5) is 33.4. The van der Waals surface area contributed by atoms with Gasteiger partial charge >= 0.3 is 0 Å². The van der Waals surface area contributed by atoms with Crippen molar-refractivity contribution in [3.63, 3.8) is 0 Å². The molecule has 2 atom stereocenters. The Morgan fingerprint density at radius 1 is 1.10 bits per heavy atom. The molecule has 170 valence electrons. The standard InChI is InChI=1S/C26H39N3O2/c1-20(2)12-15-29-23-10-6-7-13-26(23,14-11-24(29)30)25(31)28-18-16-27(17-19-28)22-9-5-4-8-21(22)3/h4-5,8-9,20,23H,6-7,10-19H2,1-3H3/t23-,26-/m1/s1. The van der Waals surface area contributed by atoms with Crippen LogP contribution >= 0.6 is 0 Å². The monoisotopic (exact) mass is 425 g/mol. The molecule has 3 aliphatic rings. The van der Waals surface area contributed by atoms with Gasteiger partial charge in [0.2, 0.25) is 11.8 Å². The highest BCUT2D eigenvalue weighted by atomic mass is 16.2. The van der Waals surface area contributed by atoms with Crippen LogP contribution < -0.4 is 4.90 Å². The lowest BCUT2D eigenvalue weighted by Crippen LogP contribution is -2.64. The second-order valence-corrected chi connectivity index (χ2v) is 10.3. The van der Waals surface area contributed by atoms with Gasteiger partial charge < -0.3 is 14.7 Å². The molecule has 1 saturated carbocycles. The van der Waals surface area contributed by atoms with E-state index in [1.165, 1.54) is 11.3 Å². The third-order valence-corrected chi connectivity index (χ3v) is 7.87. The Bertz CT molecular complexity index is 800. The molecular weight excluding hydrogens is 386 g/mol. The highest BCUT2D eigenvalue weighted by Gasteiger charge is 2.54. The maximum absolute atomic E-state index is 14.0. The van der Waals surface area contributed by atoms with Crippen LogP contribution in [0.2, 0.25) is 0 Å². The summed E-state index contributed by atoms with van der Waals surface area (Å²) in [6.45, 7) is 10.7. The zero-order chi connectivity index (χ0) is 22.0. The van der Waals surface area contributed by atoms with Crippen LogP contribution in [0.4, 0.5) is 5.69 Å². The van der Waals surface area contributed by atoms with Crippen LogP contribution in [-0.2, 0) is 9.59 Å². The Morgan fingerprint density at radius 3 is 2.55 bits per heavy atom. The number of piperidine rings is 1. The van der Waals surface area contributed by atoms with Gasteiger partial charge in [-0.2, -0.15) is 0 Å². The molecule has 0 unspecified atom stereocenters.